The van der Waals surface area contributed by atoms with Crippen molar-refractivity contribution in [2.75, 3.05) is 0 Å². The number of nitro benzene ring substituents is 1. The Hall–Kier alpha value is -3.22. The molecule has 26 heavy (non-hydrogen) atoms. The fourth-order valence-corrected chi connectivity index (χ4v) is 3.32. The largest absolute Gasteiger partial charge is 0.481 e. The van der Waals surface area contributed by atoms with Crippen molar-refractivity contribution in [2.24, 2.45) is 13.0 Å². The third-order valence-electron chi connectivity index (χ3n) is 4.86. The summed E-state index contributed by atoms with van der Waals surface area (Å²) in [6.07, 6.45) is 3.42. The molecule has 2 heterocycles. The van der Waals surface area contributed by atoms with Crippen molar-refractivity contribution in [2.45, 2.75) is 20.3 Å². The second-order valence-electron chi connectivity index (χ2n) is 6.42. The fourth-order valence-electron chi connectivity index (χ4n) is 3.32. The van der Waals surface area contributed by atoms with Crippen LogP contribution in [0.3, 0.4) is 0 Å². The molecule has 1 unspecified atom stereocenters. The highest BCUT2D eigenvalue weighted by atomic mass is 16.6. The lowest BCUT2D eigenvalue weighted by Gasteiger charge is -2.09. The summed E-state index contributed by atoms with van der Waals surface area (Å²) >= 11 is 0. The highest BCUT2D eigenvalue weighted by Crippen LogP contribution is 2.40. The highest BCUT2D eigenvalue weighted by molar-refractivity contribution is 6.00. The Kier molecular flexibility index (Phi) is 4.46. The minimum absolute atomic E-state index is 0.00462. The molecule has 0 aliphatic heterocycles. The second kappa shape index (κ2) is 6.59. The maximum absolute atomic E-state index is 12.0. The monoisotopic (exact) mass is 353 g/mol. The SMILES string of the molecule is Cc1c(CC(C)C(=O)O)c2c([N+](=O)[O-])c(-c3ccncc3)ccc2n1C. The lowest BCUT2D eigenvalue weighted by molar-refractivity contribution is -0.382. The van der Waals surface area contributed by atoms with E-state index in [0.29, 0.717) is 22.1 Å². The average molecular weight is 353 g/mol. The number of nitro groups is 1. The van der Waals surface area contributed by atoms with Gasteiger partial charge in [-0.3, -0.25) is 19.9 Å². The number of hydrogen-bond acceptors (Lipinski definition) is 4. The van der Waals surface area contributed by atoms with Crippen molar-refractivity contribution in [3.8, 4) is 11.1 Å². The molecule has 7 nitrogen and oxygen atoms in total. The van der Waals surface area contributed by atoms with E-state index in [1.807, 2.05) is 24.6 Å². The van der Waals surface area contributed by atoms with Gasteiger partial charge in [-0.25, -0.2) is 0 Å². The molecule has 3 rings (SSSR count). The molecule has 1 atom stereocenters. The van der Waals surface area contributed by atoms with Gasteiger partial charge in [0.15, 0.2) is 0 Å². The molecule has 1 aromatic carbocycles. The zero-order valence-corrected chi connectivity index (χ0v) is 14.8. The number of carbonyl (C=O) groups is 1. The molecule has 0 amide bonds. The standard InChI is InChI=1S/C19H19N3O4/c1-11(19(23)24)10-15-12(2)21(3)16-5-4-14(13-6-8-20-9-7-13)18(17(15)16)22(25)26/h4-9,11H,10H2,1-3H3,(H,23,24). The Labute approximate surface area is 150 Å². The Bertz CT molecular complexity index is 1010. The minimum Gasteiger partial charge on any atom is -0.481 e. The smallest absolute Gasteiger partial charge is 0.306 e. The fraction of sp³-hybridized carbons (Fsp3) is 0.263. The summed E-state index contributed by atoms with van der Waals surface area (Å²) in [6.45, 7) is 3.47. The molecular formula is C19H19N3O4. The third kappa shape index (κ3) is 2.81. The van der Waals surface area contributed by atoms with Gasteiger partial charge in [-0.2, -0.15) is 0 Å². The molecule has 0 aliphatic carbocycles. The normalized spacial score (nSPS) is 12.3. The van der Waals surface area contributed by atoms with Crippen LogP contribution < -0.4 is 0 Å². The summed E-state index contributed by atoms with van der Waals surface area (Å²) in [6, 6.07) is 7.03. The molecule has 0 saturated carbocycles. The van der Waals surface area contributed by atoms with Crippen LogP contribution in [0.5, 0.6) is 0 Å². The highest BCUT2D eigenvalue weighted by Gasteiger charge is 2.27. The van der Waals surface area contributed by atoms with Gasteiger partial charge >= 0.3 is 5.97 Å². The van der Waals surface area contributed by atoms with Crippen LogP contribution in [0, 0.1) is 23.0 Å². The predicted octanol–water partition coefficient (Wildman–Crippen LogP) is 3.72. The van der Waals surface area contributed by atoms with Crippen LogP contribution in [0.4, 0.5) is 5.69 Å². The number of aromatic nitrogens is 2. The topological polar surface area (TPSA) is 98.3 Å². The molecular weight excluding hydrogens is 334 g/mol. The lowest BCUT2D eigenvalue weighted by Crippen LogP contribution is -2.13. The number of carboxylic acids is 1. The number of pyridine rings is 1. The number of carboxylic acid groups (broad SMARTS) is 1. The van der Waals surface area contributed by atoms with Crippen LogP contribution in [-0.2, 0) is 18.3 Å². The van der Waals surface area contributed by atoms with Gasteiger partial charge < -0.3 is 9.67 Å². The Balaban J connectivity index is 2.36. The maximum atomic E-state index is 12.0. The van der Waals surface area contributed by atoms with E-state index in [2.05, 4.69) is 4.98 Å². The van der Waals surface area contributed by atoms with Crippen LogP contribution >= 0.6 is 0 Å². The van der Waals surface area contributed by atoms with Gasteiger partial charge in [-0.05, 0) is 48.7 Å². The zero-order valence-electron chi connectivity index (χ0n) is 14.8. The molecule has 7 heteroatoms. The summed E-state index contributed by atoms with van der Waals surface area (Å²) in [5.74, 6) is -1.56. The zero-order chi connectivity index (χ0) is 19.0. The van der Waals surface area contributed by atoms with Crippen molar-refractivity contribution < 1.29 is 14.8 Å². The Morgan fingerprint density at radius 3 is 2.54 bits per heavy atom. The van der Waals surface area contributed by atoms with Crippen LogP contribution in [0.25, 0.3) is 22.0 Å². The minimum atomic E-state index is -0.922. The molecule has 0 spiro atoms. The van der Waals surface area contributed by atoms with Crippen molar-refractivity contribution in [3.63, 3.8) is 0 Å². The summed E-state index contributed by atoms with van der Waals surface area (Å²) in [7, 11) is 1.84. The molecule has 1 N–H and O–H groups in total. The number of aliphatic carboxylic acids is 1. The van der Waals surface area contributed by atoms with E-state index in [0.717, 1.165) is 11.2 Å². The van der Waals surface area contributed by atoms with Crippen molar-refractivity contribution >= 4 is 22.6 Å². The predicted molar refractivity (Wildman–Crippen MR) is 98.0 cm³/mol. The maximum Gasteiger partial charge on any atom is 0.306 e. The van der Waals surface area contributed by atoms with E-state index in [9.17, 15) is 20.0 Å². The Morgan fingerprint density at radius 1 is 1.31 bits per heavy atom. The second-order valence-corrected chi connectivity index (χ2v) is 6.42. The summed E-state index contributed by atoms with van der Waals surface area (Å²) in [5.41, 5.74) is 3.47. The lowest BCUT2D eigenvalue weighted by atomic mass is 9.95. The first kappa shape index (κ1) is 17.6. The van der Waals surface area contributed by atoms with E-state index < -0.39 is 11.9 Å². The number of fused-ring (bicyclic) bond motifs is 1. The van der Waals surface area contributed by atoms with Gasteiger partial charge in [0.25, 0.3) is 5.69 Å². The van der Waals surface area contributed by atoms with Gasteiger partial charge in [0.2, 0.25) is 0 Å². The van der Waals surface area contributed by atoms with Gasteiger partial charge in [-0.15, -0.1) is 0 Å². The number of aryl methyl sites for hydroxylation is 1. The van der Waals surface area contributed by atoms with Crippen LogP contribution in [0.2, 0.25) is 0 Å². The average Bonchev–Trinajstić information content (AvgIpc) is 2.86. The van der Waals surface area contributed by atoms with Gasteiger partial charge in [0, 0.05) is 25.1 Å². The molecule has 0 fully saturated rings. The first-order valence-electron chi connectivity index (χ1n) is 8.21. The van der Waals surface area contributed by atoms with Gasteiger partial charge in [-0.1, -0.05) is 6.92 Å². The number of benzene rings is 1. The van der Waals surface area contributed by atoms with Crippen LogP contribution in [0.1, 0.15) is 18.2 Å². The third-order valence-corrected chi connectivity index (χ3v) is 4.86. The molecule has 3 aromatic rings. The summed E-state index contributed by atoms with van der Waals surface area (Å²) in [5, 5.41) is 21.8. The first-order valence-corrected chi connectivity index (χ1v) is 8.21. The molecule has 0 bridgehead atoms. The van der Waals surface area contributed by atoms with Crippen LogP contribution in [0.15, 0.2) is 36.7 Å². The molecule has 0 aliphatic rings. The van der Waals surface area contributed by atoms with Crippen molar-refractivity contribution in [1.29, 1.82) is 0 Å². The van der Waals surface area contributed by atoms with E-state index in [4.69, 9.17) is 0 Å². The number of rotatable bonds is 5. The number of nitrogens with zero attached hydrogens (tertiary/aromatic N) is 3. The summed E-state index contributed by atoms with van der Waals surface area (Å²) < 4.78 is 1.88. The first-order chi connectivity index (χ1) is 12.3. The van der Waals surface area contributed by atoms with Crippen molar-refractivity contribution in [3.05, 3.63) is 58.0 Å². The summed E-state index contributed by atoms with van der Waals surface area (Å²) in [4.78, 5) is 26.9. The molecule has 0 saturated heterocycles. The van der Waals surface area contributed by atoms with Gasteiger partial charge in [0.05, 0.1) is 27.3 Å². The number of hydrogen-bond donors (Lipinski definition) is 1. The molecule has 2 aromatic heterocycles. The van der Waals surface area contributed by atoms with E-state index in [-0.39, 0.29) is 17.0 Å². The van der Waals surface area contributed by atoms with Crippen molar-refractivity contribution in [1.82, 2.24) is 9.55 Å². The quantitative estimate of drug-likeness (QED) is 0.557. The van der Waals surface area contributed by atoms with E-state index in [1.165, 1.54) is 0 Å². The Morgan fingerprint density at radius 2 is 1.96 bits per heavy atom. The molecule has 0 radical (unpaired) electrons. The van der Waals surface area contributed by atoms with Crippen LogP contribution in [-0.4, -0.2) is 25.6 Å². The van der Waals surface area contributed by atoms with E-state index >= 15 is 0 Å². The van der Waals surface area contributed by atoms with E-state index in [1.54, 1.807) is 37.5 Å². The van der Waals surface area contributed by atoms with Gasteiger partial charge in [0.1, 0.15) is 0 Å². The molecule has 134 valence electrons.